The van der Waals surface area contributed by atoms with Crippen LogP contribution in [0.25, 0.3) is 0 Å². The van der Waals surface area contributed by atoms with Crippen LogP contribution in [-0.4, -0.2) is 13.4 Å². The first kappa shape index (κ1) is 16.0. The van der Waals surface area contributed by atoms with E-state index in [-0.39, 0.29) is 21.3 Å². The molecule has 0 unspecified atom stereocenters. The number of aryl methyl sites for hydroxylation is 1. The minimum atomic E-state index is -3.75. The van der Waals surface area contributed by atoms with Gasteiger partial charge < -0.3 is 0 Å². The lowest BCUT2D eigenvalue weighted by atomic mass is 10.2. The van der Waals surface area contributed by atoms with Crippen molar-refractivity contribution in [2.75, 3.05) is 4.72 Å². The summed E-state index contributed by atoms with van der Waals surface area (Å²) in [5.41, 5.74) is 1.16. The van der Waals surface area contributed by atoms with Crippen molar-refractivity contribution < 1.29 is 8.42 Å². The van der Waals surface area contributed by atoms with E-state index in [1.807, 2.05) is 35.6 Å². The molecule has 0 aliphatic heterocycles. The van der Waals surface area contributed by atoms with Crippen LogP contribution in [0, 0.1) is 21.8 Å². The Morgan fingerprint density at radius 1 is 1.33 bits per heavy atom. The molecule has 21 heavy (non-hydrogen) atoms. The highest BCUT2D eigenvalue weighted by Crippen LogP contribution is 2.28. The molecule has 1 N–H and O–H groups in total. The average Bonchev–Trinajstić information content (AvgIpc) is 2.44. The highest BCUT2D eigenvalue weighted by molar-refractivity contribution is 14.1. The number of pyridine rings is 1. The molecule has 5 nitrogen and oxygen atoms in total. The lowest BCUT2D eigenvalue weighted by Gasteiger charge is -2.10. The molecule has 0 fully saturated rings. The molecule has 0 saturated heterocycles. The second-order valence-electron chi connectivity index (χ2n) is 4.18. The lowest BCUT2D eigenvalue weighted by Crippen LogP contribution is -2.15. The Bertz CT molecular complexity index is 830. The SMILES string of the molecule is Cc1ccc(S(=O)(=O)Nc2ncc(C#N)c(Cl)c2I)cc1. The fraction of sp³-hybridized carbons (Fsp3) is 0.0769. The number of aromatic nitrogens is 1. The number of hydrogen-bond donors (Lipinski definition) is 1. The van der Waals surface area contributed by atoms with Crippen molar-refractivity contribution in [2.45, 2.75) is 11.8 Å². The summed E-state index contributed by atoms with van der Waals surface area (Å²) in [5, 5.41) is 9.03. The zero-order chi connectivity index (χ0) is 15.6. The van der Waals surface area contributed by atoms with Crippen LogP contribution in [0.2, 0.25) is 5.02 Å². The van der Waals surface area contributed by atoms with Crippen LogP contribution in [0.3, 0.4) is 0 Å². The van der Waals surface area contributed by atoms with Gasteiger partial charge in [0.2, 0.25) is 0 Å². The molecule has 8 heteroatoms. The number of benzene rings is 1. The van der Waals surface area contributed by atoms with Crippen molar-refractivity contribution >= 4 is 50.0 Å². The third-order valence-electron chi connectivity index (χ3n) is 2.64. The van der Waals surface area contributed by atoms with Gasteiger partial charge in [-0.25, -0.2) is 13.4 Å². The first-order chi connectivity index (χ1) is 9.85. The van der Waals surface area contributed by atoms with Crippen molar-refractivity contribution in [3.63, 3.8) is 0 Å². The van der Waals surface area contributed by atoms with Crippen LogP contribution in [0.1, 0.15) is 11.1 Å². The Labute approximate surface area is 141 Å². The quantitative estimate of drug-likeness (QED) is 0.753. The van der Waals surface area contributed by atoms with Crippen LogP contribution in [0.4, 0.5) is 5.82 Å². The van der Waals surface area contributed by atoms with E-state index in [0.717, 1.165) is 5.56 Å². The number of nitrogens with one attached hydrogen (secondary N) is 1. The van der Waals surface area contributed by atoms with Gasteiger partial charge in [0.1, 0.15) is 6.07 Å². The molecule has 0 aliphatic rings. The molecule has 2 aromatic rings. The topological polar surface area (TPSA) is 82.8 Å². The third kappa shape index (κ3) is 3.45. The normalized spacial score (nSPS) is 11.0. The molecule has 1 aromatic carbocycles. The second kappa shape index (κ2) is 6.17. The molecule has 0 saturated carbocycles. The molecular weight excluding hydrogens is 425 g/mol. The van der Waals surface area contributed by atoms with Crippen molar-refractivity contribution in [1.29, 1.82) is 5.26 Å². The Kier molecular flexibility index (Phi) is 4.70. The maximum Gasteiger partial charge on any atom is 0.263 e. The van der Waals surface area contributed by atoms with Gasteiger partial charge in [0, 0.05) is 6.20 Å². The van der Waals surface area contributed by atoms with Gasteiger partial charge in [-0.15, -0.1) is 0 Å². The zero-order valence-corrected chi connectivity index (χ0v) is 14.5. The lowest BCUT2D eigenvalue weighted by molar-refractivity contribution is 0.601. The summed E-state index contributed by atoms with van der Waals surface area (Å²) >= 11 is 7.84. The van der Waals surface area contributed by atoms with E-state index in [1.165, 1.54) is 18.3 Å². The first-order valence-corrected chi connectivity index (χ1v) is 8.62. The largest absolute Gasteiger partial charge is 0.263 e. The summed E-state index contributed by atoms with van der Waals surface area (Å²) < 4.78 is 27.3. The van der Waals surface area contributed by atoms with E-state index in [0.29, 0.717) is 3.57 Å². The fourth-order valence-corrected chi connectivity index (χ4v) is 3.47. The van der Waals surface area contributed by atoms with E-state index in [1.54, 1.807) is 12.1 Å². The molecule has 0 bridgehead atoms. The summed E-state index contributed by atoms with van der Waals surface area (Å²) in [6, 6.07) is 8.32. The molecule has 108 valence electrons. The van der Waals surface area contributed by atoms with Gasteiger partial charge in [-0.05, 0) is 41.6 Å². The molecule has 0 amide bonds. The molecule has 2 rings (SSSR count). The minimum Gasteiger partial charge on any atom is -0.262 e. The van der Waals surface area contributed by atoms with E-state index in [9.17, 15) is 8.42 Å². The molecule has 0 radical (unpaired) electrons. The maximum absolute atomic E-state index is 12.3. The average molecular weight is 434 g/mol. The Morgan fingerprint density at radius 3 is 2.52 bits per heavy atom. The van der Waals surface area contributed by atoms with E-state index in [4.69, 9.17) is 16.9 Å². The van der Waals surface area contributed by atoms with Crippen LogP contribution >= 0.6 is 34.2 Å². The van der Waals surface area contributed by atoms with Gasteiger partial charge in [-0.3, -0.25) is 4.72 Å². The van der Waals surface area contributed by atoms with E-state index < -0.39 is 10.0 Å². The highest BCUT2D eigenvalue weighted by Gasteiger charge is 2.18. The smallest absolute Gasteiger partial charge is 0.262 e. The predicted molar refractivity (Wildman–Crippen MR) is 88.7 cm³/mol. The van der Waals surface area contributed by atoms with Crippen LogP contribution in [0.5, 0.6) is 0 Å². The van der Waals surface area contributed by atoms with Crippen molar-refractivity contribution in [2.24, 2.45) is 0 Å². The van der Waals surface area contributed by atoms with Gasteiger partial charge in [0.05, 0.1) is 19.1 Å². The van der Waals surface area contributed by atoms with E-state index in [2.05, 4.69) is 9.71 Å². The van der Waals surface area contributed by atoms with E-state index >= 15 is 0 Å². The molecule has 1 aromatic heterocycles. The monoisotopic (exact) mass is 433 g/mol. The number of rotatable bonds is 3. The zero-order valence-electron chi connectivity index (χ0n) is 10.8. The number of hydrogen-bond acceptors (Lipinski definition) is 4. The van der Waals surface area contributed by atoms with Crippen molar-refractivity contribution in [3.8, 4) is 6.07 Å². The fourth-order valence-electron chi connectivity index (χ4n) is 1.52. The summed E-state index contributed by atoms with van der Waals surface area (Å²) in [6.07, 6.45) is 1.23. The number of halogens is 2. The van der Waals surface area contributed by atoms with Crippen molar-refractivity contribution in [3.05, 3.63) is 50.2 Å². The van der Waals surface area contributed by atoms with Crippen LogP contribution in [-0.2, 0) is 10.0 Å². The Hall–Kier alpha value is -1.37. The summed E-state index contributed by atoms with van der Waals surface area (Å²) in [4.78, 5) is 4.06. The second-order valence-corrected chi connectivity index (χ2v) is 7.32. The van der Waals surface area contributed by atoms with Gasteiger partial charge in [-0.1, -0.05) is 29.3 Å². The summed E-state index contributed by atoms with van der Waals surface area (Å²) in [5.74, 6) is 0.0974. The Balaban J connectivity index is 2.40. The minimum absolute atomic E-state index is 0.0974. The number of nitrogens with zero attached hydrogens (tertiary/aromatic N) is 2. The summed E-state index contributed by atoms with van der Waals surface area (Å²) in [6.45, 7) is 1.87. The number of anilines is 1. The van der Waals surface area contributed by atoms with Gasteiger partial charge in [-0.2, -0.15) is 5.26 Å². The maximum atomic E-state index is 12.3. The molecule has 0 atom stereocenters. The summed E-state index contributed by atoms with van der Waals surface area (Å²) in [7, 11) is -3.75. The predicted octanol–water partition coefficient (Wildman–Crippen LogP) is 3.32. The standard InChI is InChI=1S/C13H9ClIN3O2S/c1-8-2-4-10(5-3-8)21(19,20)18-13-12(15)11(14)9(6-16)7-17-13/h2-5,7H,1H3,(H,17,18). The van der Waals surface area contributed by atoms with Gasteiger partial charge in [0.15, 0.2) is 5.82 Å². The number of sulfonamides is 1. The third-order valence-corrected chi connectivity index (χ3v) is 5.76. The molecular formula is C13H9ClIN3O2S. The molecule has 1 heterocycles. The van der Waals surface area contributed by atoms with Crippen LogP contribution < -0.4 is 4.72 Å². The first-order valence-electron chi connectivity index (χ1n) is 5.69. The van der Waals surface area contributed by atoms with Crippen LogP contribution in [0.15, 0.2) is 35.4 Å². The molecule has 0 spiro atoms. The number of nitriles is 1. The highest BCUT2D eigenvalue weighted by atomic mass is 127. The van der Waals surface area contributed by atoms with Gasteiger partial charge >= 0.3 is 0 Å². The van der Waals surface area contributed by atoms with Crippen molar-refractivity contribution in [1.82, 2.24) is 4.98 Å². The Morgan fingerprint density at radius 2 is 1.95 bits per heavy atom. The molecule has 0 aliphatic carbocycles. The van der Waals surface area contributed by atoms with Gasteiger partial charge in [0.25, 0.3) is 10.0 Å².